The minimum absolute atomic E-state index is 0.00324. The first-order chi connectivity index (χ1) is 20.8. The molecular weight excluding hydrogens is 562 g/mol. The lowest BCUT2D eigenvalue weighted by atomic mass is 9.93. The molecule has 1 aromatic heterocycles. The average Bonchev–Trinajstić information content (AvgIpc) is 3.51. The standard InChI is InChI=1S/C29H49N5O9/c1-2-27(37)32-10-12-40-15-17-43-21-28(38)33-11-13-41-14-16-42-20-26(36)7-5-3-4-6-23(29(30)39)18-25(35)9-8-24-19-31-22-34-24/h19,22-23H,2-18,20-21H2,1H3,(H2,30,39)(H,31,34)(H,32,37)(H,33,38)/t23-/m1/s1. The van der Waals surface area contributed by atoms with Crippen molar-refractivity contribution in [2.24, 2.45) is 11.7 Å². The highest BCUT2D eigenvalue weighted by atomic mass is 16.5. The van der Waals surface area contributed by atoms with E-state index in [-0.39, 0.29) is 56.2 Å². The molecule has 1 aromatic rings. The van der Waals surface area contributed by atoms with Crippen molar-refractivity contribution in [3.63, 3.8) is 0 Å². The number of aromatic nitrogens is 2. The molecule has 1 rings (SSSR count). The number of Topliss-reactive ketones (excluding diaryl/α,β-unsaturated/α-hetero) is 2. The van der Waals surface area contributed by atoms with Crippen LogP contribution in [0.15, 0.2) is 12.5 Å². The van der Waals surface area contributed by atoms with Gasteiger partial charge in [-0.05, 0) is 19.3 Å². The van der Waals surface area contributed by atoms with E-state index < -0.39 is 11.8 Å². The van der Waals surface area contributed by atoms with Crippen LogP contribution in [0.3, 0.4) is 0 Å². The van der Waals surface area contributed by atoms with Crippen LogP contribution in [0.1, 0.15) is 64.0 Å². The first-order valence-electron chi connectivity index (χ1n) is 15.0. The van der Waals surface area contributed by atoms with Gasteiger partial charge in [-0.15, -0.1) is 0 Å². The van der Waals surface area contributed by atoms with Crippen LogP contribution < -0.4 is 16.4 Å². The number of carbonyl (C=O) groups is 5. The molecule has 0 spiro atoms. The third-order valence-electron chi connectivity index (χ3n) is 6.31. The molecule has 1 heterocycles. The number of H-pyrrole nitrogens is 1. The molecule has 0 radical (unpaired) electrons. The molecule has 5 N–H and O–H groups in total. The zero-order valence-electron chi connectivity index (χ0n) is 25.4. The van der Waals surface area contributed by atoms with Gasteiger partial charge in [0.25, 0.3) is 0 Å². The molecule has 244 valence electrons. The zero-order chi connectivity index (χ0) is 31.5. The van der Waals surface area contributed by atoms with E-state index in [9.17, 15) is 24.0 Å². The van der Waals surface area contributed by atoms with Crippen LogP contribution >= 0.6 is 0 Å². The Labute approximate surface area is 253 Å². The van der Waals surface area contributed by atoms with Crippen LogP contribution in [0, 0.1) is 5.92 Å². The van der Waals surface area contributed by atoms with Crippen molar-refractivity contribution in [2.75, 3.05) is 65.9 Å². The fourth-order valence-electron chi connectivity index (χ4n) is 3.87. The number of primary amides is 1. The minimum Gasteiger partial charge on any atom is -0.377 e. The molecule has 0 saturated heterocycles. The lowest BCUT2D eigenvalue weighted by Crippen LogP contribution is -2.31. The second kappa shape index (κ2) is 25.3. The molecule has 0 aliphatic carbocycles. The van der Waals surface area contributed by atoms with E-state index in [0.29, 0.717) is 84.5 Å². The summed E-state index contributed by atoms with van der Waals surface area (Å²) < 4.78 is 21.2. The second-order valence-corrected chi connectivity index (χ2v) is 9.94. The van der Waals surface area contributed by atoms with Gasteiger partial charge in [0.15, 0.2) is 5.78 Å². The topological polar surface area (TPSA) is 201 Å². The summed E-state index contributed by atoms with van der Waals surface area (Å²) in [5.41, 5.74) is 6.36. The quantitative estimate of drug-likeness (QED) is 0.0931. The first kappa shape index (κ1) is 37.8. The van der Waals surface area contributed by atoms with Crippen molar-refractivity contribution >= 4 is 29.3 Å². The average molecular weight is 612 g/mol. The van der Waals surface area contributed by atoms with E-state index >= 15 is 0 Å². The highest BCUT2D eigenvalue weighted by molar-refractivity contribution is 5.86. The SMILES string of the molecule is CCC(=O)NCCOCCOCC(=O)NCCOCCOCC(=O)CCCCC[C@H](CC(=O)CCc1cnc[nH]1)C(N)=O. The van der Waals surface area contributed by atoms with Crippen LogP contribution in [0.4, 0.5) is 0 Å². The summed E-state index contributed by atoms with van der Waals surface area (Å²) >= 11 is 0. The molecule has 14 heteroatoms. The third-order valence-corrected chi connectivity index (χ3v) is 6.31. The summed E-state index contributed by atoms with van der Waals surface area (Å²) in [6.07, 6.45) is 7.73. The number of aromatic amines is 1. The molecule has 0 aromatic carbocycles. The number of unbranched alkanes of at least 4 members (excludes halogenated alkanes) is 2. The Morgan fingerprint density at radius 1 is 0.814 bits per heavy atom. The Bertz CT molecular complexity index is 927. The van der Waals surface area contributed by atoms with E-state index in [0.717, 1.165) is 12.1 Å². The summed E-state index contributed by atoms with van der Waals surface area (Å²) in [6, 6.07) is 0. The molecule has 1 atom stereocenters. The third kappa shape index (κ3) is 22.1. The number of nitrogens with two attached hydrogens (primary N) is 1. The number of ketones is 2. The number of nitrogens with zero attached hydrogens (tertiary/aromatic N) is 1. The van der Waals surface area contributed by atoms with E-state index in [1.165, 1.54) is 0 Å². The fourth-order valence-corrected chi connectivity index (χ4v) is 3.87. The number of carbonyl (C=O) groups excluding carboxylic acids is 5. The fraction of sp³-hybridized carbons (Fsp3) is 0.724. The highest BCUT2D eigenvalue weighted by Crippen LogP contribution is 2.16. The van der Waals surface area contributed by atoms with Gasteiger partial charge in [-0.2, -0.15) is 0 Å². The maximum absolute atomic E-state index is 12.2. The van der Waals surface area contributed by atoms with Gasteiger partial charge in [0, 0.05) is 56.6 Å². The maximum Gasteiger partial charge on any atom is 0.246 e. The van der Waals surface area contributed by atoms with Gasteiger partial charge in [0.05, 0.1) is 46.0 Å². The lowest BCUT2D eigenvalue weighted by Gasteiger charge is -2.12. The highest BCUT2D eigenvalue weighted by Gasteiger charge is 2.19. The largest absolute Gasteiger partial charge is 0.377 e. The molecule has 14 nitrogen and oxygen atoms in total. The molecule has 3 amide bonds. The monoisotopic (exact) mass is 611 g/mol. The number of hydrogen-bond acceptors (Lipinski definition) is 10. The Morgan fingerprint density at radius 3 is 2.09 bits per heavy atom. The van der Waals surface area contributed by atoms with Crippen LogP contribution in [0.2, 0.25) is 0 Å². The molecule has 0 aliphatic rings. The Kier molecular flexibility index (Phi) is 22.3. The molecule has 0 bridgehead atoms. The number of rotatable bonds is 29. The van der Waals surface area contributed by atoms with Gasteiger partial charge in [0.1, 0.15) is 19.0 Å². The molecule has 43 heavy (non-hydrogen) atoms. The van der Waals surface area contributed by atoms with Crippen molar-refractivity contribution in [1.29, 1.82) is 0 Å². The Balaban J connectivity index is 1.91. The molecule has 0 fully saturated rings. The van der Waals surface area contributed by atoms with Gasteiger partial charge >= 0.3 is 0 Å². The van der Waals surface area contributed by atoms with Crippen molar-refractivity contribution in [1.82, 2.24) is 20.6 Å². The van der Waals surface area contributed by atoms with E-state index in [1.54, 1.807) is 19.4 Å². The summed E-state index contributed by atoms with van der Waals surface area (Å²) in [7, 11) is 0. The Morgan fingerprint density at radius 2 is 1.47 bits per heavy atom. The van der Waals surface area contributed by atoms with Gasteiger partial charge < -0.3 is 40.3 Å². The number of hydrogen-bond donors (Lipinski definition) is 4. The maximum atomic E-state index is 12.2. The molecular formula is C29H49N5O9. The number of imidazole rings is 1. The van der Waals surface area contributed by atoms with Crippen molar-refractivity contribution in [2.45, 2.75) is 64.7 Å². The summed E-state index contributed by atoms with van der Waals surface area (Å²) in [5, 5.41) is 5.36. The van der Waals surface area contributed by atoms with Gasteiger partial charge in [-0.25, -0.2) is 4.98 Å². The molecule has 0 saturated carbocycles. The Hall–Kier alpha value is -3.20. The van der Waals surface area contributed by atoms with E-state index in [1.807, 2.05) is 0 Å². The summed E-state index contributed by atoms with van der Waals surface area (Å²) in [5.74, 6) is -1.26. The smallest absolute Gasteiger partial charge is 0.246 e. The number of amides is 3. The van der Waals surface area contributed by atoms with E-state index in [2.05, 4.69) is 20.6 Å². The zero-order valence-corrected chi connectivity index (χ0v) is 25.4. The minimum atomic E-state index is -0.487. The van der Waals surface area contributed by atoms with Gasteiger partial charge in [0.2, 0.25) is 17.7 Å². The summed E-state index contributed by atoms with van der Waals surface area (Å²) in [4.78, 5) is 65.6. The predicted molar refractivity (Wildman–Crippen MR) is 157 cm³/mol. The van der Waals surface area contributed by atoms with Crippen LogP contribution in [0.25, 0.3) is 0 Å². The molecule has 0 unspecified atom stereocenters. The number of ether oxygens (including phenoxy) is 4. The lowest BCUT2D eigenvalue weighted by molar-refractivity contribution is -0.127. The van der Waals surface area contributed by atoms with Crippen LogP contribution in [-0.4, -0.2) is 105 Å². The predicted octanol–water partition coefficient (Wildman–Crippen LogP) is 0.631. The first-order valence-corrected chi connectivity index (χ1v) is 15.0. The van der Waals surface area contributed by atoms with Crippen LogP contribution in [-0.2, 0) is 49.3 Å². The molecule has 0 aliphatic heterocycles. The summed E-state index contributed by atoms with van der Waals surface area (Å²) in [6.45, 7) is 4.31. The van der Waals surface area contributed by atoms with E-state index in [4.69, 9.17) is 24.7 Å². The van der Waals surface area contributed by atoms with Crippen molar-refractivity contribution in [3.8, 4) is 0 Å². The van der Waals surface area contributed by atoms with Gasteiger partial charge in [-0.1, -0.05) is 19.8 Å². The van der Waals surface area contributed by atoms with Crippen LogP contribution in [0.5, 0.6) is 0 Å². The number of aryl methyl sites for hydroxylation is 1. The van der Waals surface area contributed by atoms with Gasteiger partial charge in [-0.3, -0.25) is 24.0 Å². The normalized spacial score (nSPS) is 11.7. The number of nitrogens with one attached hydrogen (secondary N) is 3. The van der Waals surface area contributed by atoms with Crippen molar-refractivity contribution in [3.05, 3.63) is 18.2 Å². The second-order valence-electron chi connectivity index (χ2n) is 9.94. The van der Waals surface area contributed by atoms with Crippen molar-refractivity contribution < 1.29 is 42.9 Å².